The molecule has 1 unspecified atom stereocenters. The maximum Gasteiger partial charge on any atom is 0.0594 e. The highest BCUT2D eigenvalue weighted by atomic mass is 16.3. The molecule has 1 heteroatoms. The van der Waals surface area contributed by atoms with Crippen LogP contribution >= 0.6 is 0 Å². The molecular weight excluding hydrogens is 376 g/mol. The molecule has 5 aliphatic rings. The summed E-state index contributed by atoms with van der Waals surface area (Å²) in [5, 5.41) is 10.9. The topological polar surface area (TPSA) is 20.2 Å². The van der Waals surface area contributed by atoms with Crippen LogP contribution in [0.15, 0.2) is 11.6 Å². The molecule has 10 atom stereocenters. The molecule has 0 saturated heterocycles. The average Bonchev–Trinajstić information content (AvgIpc) is 2.70. The average molecular weight is 427 g/mol. The molecule has 0 radical (unpaired) electrons. The second kappa shape index (κ2) is 6.64. The van der Waals surface area contributed by atoms with E-state index in [1.54, 1.807) is 0 Å². The summed E-state index contributed by atoms with van der Waals surface area (Å²) in [7, 11) is 0. The molecule has 0 bridgehead atoms. The minimum atomic E-state index is -0.134. The number of rotatable bonds is 0. The van der Waals surface area contributed by atoms with Crippen LogP contribution in [0.5, 0.6) is 0 Å². The molecule has 31 heavy (non-hydrogen) atoms. The Morgan fingerprint density at radius 3 is 2.26 bits per heavy atom. The first kappa shape index (κ1) is 22.5. The predicted molar refractivity (Wildman–Crippen MR) is 131 cm³/mol. The van der Waals surface area contributed by atoms with Crippen LogP contribution in [-0.4, -0.2) is 11.2 Å². The molecule has 5 aliphatic carbocycles. The SMILES string of the molecule is C[C@H]1[C@H](C)CC[C@]2(C)CC[C@]3(C)C4=CCC5C(C)(C)[C@@H](O)CC[C@]5(C)[C@H]4CC[C@@]3(C)[C@H]12. The lowest BCUT2D eigenvalue weighted by Crippen LogP contribution is -2.64. The number of aliphatic hydroxyl groups is 1. The van der Waals surface area contributed by atoms with Gasteiger partial charge in [0.2, 0.25) is 0 Å². The third-order valence-electron chi connectivity index (χ3n) is 13.3. The summed E-state index contributed by atoms with van der Waals surface area (Å²) in [6.45, 7) is 20.5. The van der Waals surface area contributed by atoms with Gasteiger partial charge in [-0.2, -0.15) is 0 Å². The first-order valence-electron chi connectivity index (χ1n) is 13.7. The van der Waals surface area contributed by atoms with Crippen molar-refractivity contribution in [1.29, 1.82) is 0 Å². The second-order valence-electron chi connectivity index (χ2n) is 14.7. The van der Waals surface area contributed by atoms with Gasteiger partial charge < -0.3 is 5.11 Å². The van der Waals surface area contributed by atoms with Crippen LogP contribution in [0.3, 0.4) is 0 Å². The Bertz CT molecular complexity index is 779. The van der Waals surface area contributed by atoms with Gasteiger partial charge in [-0.15, -0.1) is 0 Å². The van der Waals surface area contributed by atoms with Crippen LogP contribution in [0.2, 0.25) is 0 Å². The lowest BCUT2D eigenvalue weighted by molar-refractivity contribution is -0.186. The molecule has 4 fully saturated rings. The lowest BCUT2D eigenvalue weighted by atomic mass is 9.33. The highest BCUT2D eigenvalue weighted by Crippen LogP contribution is 2.75. The summed E-state index contributed by atoms with van der Waals surface area (Å²) in [6.07, 6.45) is 14.5. The maximum atomic E-state index is 10.9. The molecule has 0 heterocycles. The largest absolute Gasteiger partial charge is 0.393 e. The Morgan fingerprint density at radius 1 is 0.839 bits per heavy atom. The molecule has 0 amide bonds. The zero-order chi connectivity index (χ0) is 22.6. The number of aliphatic hydroxyl groups excluding tert-OH is 1. The number of fused-ring (bicyclic) bond motifs is 7. The highest BCUT2D eigenvalue weighted by molar-refractivity contribution is 5.33. The molecule has 176 valence electrons. The van der Waals surface area contributed by atoms with Crippen LogP contribution in [0, 0.1) is 56.7 Å². The van der Waals surface area contributed by atoms with Gasteiger partial charge in [-0.3, -0.25) is 0 Å². The van der Waals surface area contributed by atoms with Gasteiger partial charge >= 0.3 is 0 Å². The molecule has 1 nitrogen and oxygen atoms in total. The minimum absolute atomic E-state index is 0.0368. The first-order chi connectivity index (χ1) is 14.3. The lowest BCUT2D eigenvalue weighted by Gasteiger charge is -2.71. The molecule has 0 aromatic rings. The quantitative estimate of drug-likeness (QED) is 0.389. The molecule has 0 aromatic heterocycles. The van der Waals surface area contributed by atoms with E-state index < -0.39 is 0 Å². The standard InChI is InChI=1S/C30H50O/c1-19-11-14-27(5)17-18-29(7)22-9-10-23-26(3,4)24(31)13-15-28(23,6)21(22)12-16-30(29,8)25(27)20(19)2/h9,19-21,23-25,31H,10-18H2,1-8H3/t19-,20+,21+,23?,24+,25-,27-,28-,29-,30+/m1/s1. The van der Waals surface area contributed by atoms with E-state index in [0.29, 0.717) is 27.6 Å². The summed E-state index contributed by atoms with van der Waals surface area (Å²) >= 11 is 0. The molecular formula is C30H50O. The highest BCUT2D eigenvalue weighted by Gasteiger charge is 2.67. The Labute approximate surface area is 192 Å². The zero-order valence-electron chi connectivity index (χ0n) is 21.9. The van der Waals surface area contributed by atoms with Gasteiger partial charge in [-0.05, 0) is 114 Å². The van der Waals surface area contributed by atoms with Crippen LogP contribution in [0.1, 0.15) is 113 Å². The van der Waals surface area contributed by atoms with E-state index in [1.807, 2.05) is 5.57 Å². The van der Waals surface area contributed by atoms with Crippen LogP contribution < -0.4 is 0 Å². The van der Waals surface area contributed by atoms with E-state index in [1.165, 1.54) is 51.4 Å². The van der Waals surface area contributed by atoms with Crippen LogP contribution in [-0.2, 0) is 0 Å². The van der Waals surface area contributed by atoms with Crippen molar-refractivity contribution >= 4 is 0 Å². The van der Waals surface area contributed by atoms with Gasteiger partial charge in [0.15, 0.2) is 0 Å². The fourth-order valence-electron chi connectivity index (χ4n) is 11.0. The molecule has 1 N–H and O–H groups in total. The van der Waals surface area contributed by atoms with Crippen molar-refractivity contribution in [3.63, 3.8) is 0 Å². The van der Waals surface area contributed by atoms with Crippen molar-refractivity contribution < 1.29 is 5.11 Å². The van der Waals surface area contributed by atoms with Crippen molar-refractivity contribution in [2.45, 2.75) is 119 Å². The smallest absolute Gasteiger partial charge is 0.0594 e. The third-order valence-corrected chi connectivity index (χ3v) is 13.3. The van der Waals surface area contributed by atoms with Crippen molar-refractivity contribution in [2.24, 2.45) is 56.7 Å². The van der Waals surface area contributed by atoms with Crippen LogP contribution in [0.25, 0.3) is 0 Å². The molecule has 0 spiro atoms. The van der Waals surface area contributed by atoms with E-state index in [9.17, 15) is 5.11 Å². The fraction of sp³-hybridized carbons (Fsp3) is 0.933. The van der Waals surface area contributed by atoms with Gasteiger partial charge in [-0.1, -0.05) is 67.0 Å². The Morgan fingerprint density at radius 2 is 1.55 bits per heavy atom. The van der Waals surface area contributed by atoms with E-state index in [-0.39, 0.29) is 11.5 Å². The summed E-state index contributed by atoms with van der Waals surface area (Å²) in [5.74, 6) is 3.93. The Balaban J connectivity index is 1.58. The molecule has 0 aliphatic heterocycles. The van der Waals surface area contributed by atoms with Crippen molar-refractivity contribution in [3.8, 4) is 0 Å². The Hall–Kier alpha value is -0.300. The maximum absolute atomic E-state index is 10.9. The predicted octanol–water partition coefficient (Wildman–Crippen LogP) is 8.02. The van der Waals surface area contributed by atoms with Crippen molar-refractivity contribution in [1.82, 2.24) is 0 Å². The van der Waals surface area contributed by atoms with Gasteiger partial charge in [-0.25, -0.2) is 0 Å². The first-order valence-corrected chi connectivity index (χ1v) is 13.7. The molecule has 5 rings (SSSR count). The normalized spacial score (nSPS) is 58.3. The summed E-state index contributed by atoms with van der Waals surface area (Å²) in [6, 6.07) is 0. The second-order valence-corrected chi connectivity index (χ2v) is 14.7. The van der Waals surface area contributed by atoms with Crippen molar-refractivity contribution in [2.75, 3.05) is 0 Å². The zero-order valence-corrected chi connectivity index (χ0v) is 21.9. The van der Waals surface area contributed by atoms with E-state index in [4.69, 9.17) is 0 Å². The Kier molecular flexibility index (Phi) is 4.82. The van der Waals surface area contributed by atoms with E-state index >= 15 is 0 Å². The minimum Gasteiger partial charge on any atom is -0.393 e. The van der Waals surface area contributed by atoms with Gasteiger partial charge in [0.05, 0.1) is 6.10 Å². The van der Waals surface area contributed by atoms with E-state index in [0.717, 1.165) is 30.1 Å². The monoisotopic (exact) mass is 426 g/mol. The number of allylic oxidation sites excluding steroid dienone is 2. The number of hydrogen-bond donors (Lipinski definition) is 1. The van der Waals surface area contributed by atoms with E-state index in [2.05, 4.69) is 61.5 Å². The molecule has 0 aromatic carbocycles. The van der Waals surface area contributed by atoms with Gasteiger partial charge in [0, 0.05) is 0 Å². The van der Waals surface area contributed by atoms with Crippen LogP contribution in [0.4, 0.5) is 0 Å². The van der Waals surface area contributed by atoms with Gasteiger partial charge in [0.25, 0.3) is 0 Å². The number of hydrogen-bond acceptors (Lipinski definition) is 1. The summed E-state index contributed by atoms with van der Waals surface area (Å²) in [5.41, 5.74) is 3.60. The van der Waals surface area contributed by atoms with Crippen molar-refractivity contribution in [3.05, 3.63) is 11.6 Å². The summed E-state index contributed by atoms with van der Waals surface area (Å²) < 4.78 is 0. The molecule has 4 saturated carbocycles. The summed E-state index contributed by atoms with van der Waals surface area (Å²) in [4.78, 5) is 0. The van der Waals surface area contributed by atoms with Gasteiger partial charge in [0.1, 0.15) is 0 Å². The fourth-order valence-corrected chi connectivity index (χ4v) is 11.0. The third kappa shape index (κ3) is 2.65.